The van der Waals surface area contributed by atoms with Crippen LogP contribution in [0.15, 0.2) is 0 Å². The van der Waals surface area contributed by atoms with E-state index in [-0.39, 0.29) is 18.9 Å². The smallest absolute Gasteiger partial charge is 0.304 e. The molecule has 0 radical (unpaired) electrons. The van der Waals surface area contributed by atoms with E-state index in [0.29, 0.717) is 6.54 Å². The highest BCUT2D eigenvalue weighted by atomic mass is 19.3. The molecule has 3 nitrogen and oxygen atoms in total. The largest absolute Gasteiger partial charge is 0.481 e. The summed E-state index contributed by atoms with van der Waals surface area (Å²) in [7, 11) is 0. The molecule has 1 rings (SSSR count). The highest BCUT2D eigenvalue weighted by molar-refractivity contribution is 5.67. The lowest BCUT2D eigenvalue weighted by Gasteiger charge is -2.34. The molecule has 1 atom stereocenters. The molecule has 0 aromatic heterocycles. The van der Waals surface area contributed by atoms with Crippen molar-refractivity contribution in [3.63, 3.8) is 0 Å². The van der Waals surface area contributed by atoms with Crippen molar-refractivity contribution in [1.29, 1.82) is 0 Å². The van der Waals surface area contributed by atoms with Crippen molar-refractivity contribution in [1.82, 2.24) is 4.90 Å². The molecule has 0 aliphatic carbocycles. The standard InChI is InChI=1S/C10H17F2NO2/c11-9(12)4-6-13-5-2-1-3-8(13)7-10(14)15/h8-9H,1-7H2,(H,14,15). The number of aliphatic carboxylic acids is 1. The molecule has 1 N–H and O–H groups in total. The van der Waals surface area contributed by atoms with Crippen LogP contribution in [0.5, 0.6) is 0 Å². The normalized spacial score (nSPS) is 23.3. The summed E-state index contributed by atoms with van der Waals surface area (Å²) in [5, 5.41) is 8.69. The number of alkyl halides is 2. The van der Waals surface area contributed by atoms with Gasteiger partial charge in [0.05, 0.1) is 6.42 Å². The molecule has 0 bridgehead atoms. The van der Waals surface area contributed by atoms with Crippen LogP contribution in [0.3, 0.4) is 0 Å². The number of nitrogens with zero attached hydrogens (tertiary/aromatic N) is 1. The van der Waals surface area contributed by atoms with Crippen molar-refractivity contribution in [2.24, 2.45) is 0 Å². The van der Waals surface area contributed by atoms with Crippen LogP contribution in [0, 0.1) is 0 Å². The van der Waals surface area contributed by atoms with Gasteiger partial charge in [-0.25, -0.2) is 8.78 Å². The van der Waals surface area contributed by atoms with Crippen LogP contribution in [0.4, 0.5) is 8.78 Å². The van der Waals surface area contributed by atoms with Gasteiger partial charge in [0, 0.05) is 19.0 Å². The fraction of sp³-hybridized carbons (Fsp3) is 0.900. The molecule has 88 valence electrons. The molecule has 5 heteroatoms. The third kappa shape index (κ3) is 4.55. The summed E-state index contributed by atoms with van der Waals surface area (Å²) in [6.45, 7) is 1.07. The number of carboxylic acids is 1. The van der Waals surface area contributed by atoms with E-state index in [1.165, 1.54) is 0 Å². The Morgan fingerprint density at radius 1 is 1.47 bits per heavy atom. The van der Waals surface area contributed by atoms with Crippen LogP contribution in [0.25, 0.3) is 0 Å². The van der Waals surface area contributed by atoms with E-state index in [0.717, 1.165) is 25.8 Å². The predicted octanol–water partition coefficient (Wildman–Crippen LogP) is 1.97. The molecule has 0 spiro atoms. The summed E-state index contributed by atoms with van der Waals surface area (Å²) >= 11 is 0. The Kier molecular flexibility index (Phi) is 4.94. The fourth-order valence-corrected chi connectivity index (χ4v) is 2.05. The van der Waals surface area contributed by atoms with E-state index in [1.54, 1.807) is 0 Å². The van der Waals surface area contributed by atoms with Crippen LogP contribution < -0.4 is 0 Å². The van der Waals surface area contributed by atoms with Gasteiger partial charge in [0.1, 0.15) is 0 Å². The molecule has 0 amide bonds. The number of carbonyl (C=O) groups is 1. The van der Waals surface area contributed by atoms with Crippen molar-refractivity contribution < 1.29 is 18.7 Å². The van der Waals surface area contributed by atoms with Gasteiger partial charge in [-0.05, 0) is 19.4 Å². The molecular weight excluding hydrogens is 204 g/mol. The van der Waals surface area contributed by atoms with E-state index in [1.807, 2.05) is 4.90 Å². The van der Waals surface area contributed by atoms with Gasteiger partial charge in [0.15, 0.2) is 0 Å². The van der Waals surface area contributed by atoms with Gasteiger partial charge < -0.3 is 5.11 Å². The number of rotatable bonds is 5. The summed E-state index contributed by atoms with van der Waals surface area (Å²) in [5.74, 6) is -0.844. The lowest BCUT2D eigenvalue weighted by molar-refractivity contribution is -0.138. The quantitative estimate of drug-likeness (QED) is 0.771. The topological polar surface area (TPSA) is 40.5 Å². The van der Waals surface area contributed by atoms with Crippen LogP contribution in [-0.2, 0) is 4.79 Å². The third-order valence-electron chi connectivity index (χ3n) is 2.79. The maximum Gasteiger partial charge on any atom is 0.304 e. The first-order valence-corrected chi connectivity index (χ1v) is 5.33. The predicted molar refractivity (Wildman–Crippen MR) is 52.1 cm³/mol. The molecule has 1 heterocycles. The number of hydrogen-bond acceptors (Lipinski definition) is 2. The highest BCUT2D eigenvalue weighted by Gasteiger charge is 2.24. The Morgan fingerprint density at radius 3 is 2.80 bits per heavy atom. The SMILES string of the molecule is O=C(O)CC1CCCCN1CCC(F)F. The van der Waals surface area contributed by atoms with E-state index in [2.05, 4.69) is 0 Å². The average molecular weight is 221 g/mol. The van der Waals surface area contributed by atoms with Gasteiger partial charge >= 0.3 is 5.97 Å². The maximum atomic E-state index is 12.0. The highest BCUT2D eigenvalue weighted by Crippen LogP contribution is 2.20. The summed E-state index contributed by atoms with van der Waals surface area (Å²) in [4.78, 5) is 12.5. The molecule has 1 aliphatic rings. The fourth-order valence-electron chi connectivity index (χ4n) is 2.05. The summed E-state index contributed by atoms with van der Waals surface area (Å²) in [6.07, 6.45) is 0.426. The van der Waals surface area contributed by atoms with Crippen molar-refractivity contribution in [3.8, 4) is 0 Å². The zero-order valence-electron chi connectivity index (χ0n) is 8.66. The minimum absolute atomic E-state index is 0.0463. The van der Waals surface area contributed by atoms with Crippen molar-refractivity contribution in [3.05, 3.63) is 0 Å². The second-order valence-electron chi connectivity index (χ2n) is 3.96. The molecule has 1 saturated heterocycles. The van der Waals surface area contributed by atoms with E-state index in [4.69, 9.17) is 5.11 Å². The van der Waals surface area contributed by atoms with Gasteiger partial charge in [-0.1, -0.05) is 6.42 Å². The van der Waals surface area contributed by atoms with Crippen LogP contribution in [0.1, 0.15) is 32.1 Å². The maximum absolute atomic E-state index is 12.0. The van der Waals surface area contributed by atoms with Crippen LogP contribution in [-0.4, -0.2) is 41.5 Å². The zero-order valence-corrected chi connectivity index (χ0v) is 8.66. The first-order chi connectivity index (χ1) is 7.09. The van der Waals surface area contributed by atoms with Crippen molar-refractivity contribution >= 4 is 5.97 Å². The Labute approximate surface area is 88.1 Å². The molecule has 0 aromatic carbocycles. The summed E-state index contributed by atoms with van der Waals surface area (Å²) < 4.78 is 24.1. The van der Waals surface area contributed by atoms with Crippen LogP contribution >= 0.6 is 0 Å². The van der Waals surface area contributed by atoms with Gasteiger partial charge in [0.2, 0.25) is 6.43 Å². The van der Waals surface area contributed by atoms with Crippen LogP contribution in [0.2, 0.25) is 0 Å². The molecule has 1 aliphatic heterocycles. The number of piperidine rings is 1. The zero-order chi connectivity index (χ0) is 11.3. The Morgan fingerprint density at radius 2 is 2.20 bits per heavy atom. The lowest BCUT2D eigenvalue weighted by atomic mass is 9.99. The summed E-state index contributed by atoms with van der Waals surface area (Å²) in [5.41, 5.74) is 0. The first kappa shape index (κ1) is 12.4. The third-order valence-corrected chi connectivity index (χ3v) is 2.79. The first-order valence-electron chi connectivity index (χ1n) is 5.33. The van der Waals surface area contributed by atoms with Crippen molar-refractivity contribution in [2.75, 3.05) is 13.1 Å². The lowest BCUT2D eigenvalue weighted by Crippen LogP contribution is -2.41. The second-order valence-corrected chi connectivity index (χ2v) is 3.96. The molecule has 0 saturated carbocycles. The molecule has 1 unspecified atom stereocenters. The van der Waals surface area contributed by atoms with E-state index >= 15 is 0 Å². The minimum atomic E-state index is -2.29. The number of hydrogen-bond donors (Lipinski definition) is 1. The van der Waals surface area contributed by atoms with Gasteiger partial charge in [-0.2, -0.15) is 0 Å². The molecule has 15 heavy (non-hydrogen) atoms. The van der Waals surface area contributed by atoms with Gasteiger partial charge in [-0.15, -0.1) is 0 Å². The number of halogens is 2. The van der Waals surface area contributed by atoms with Crippen molar-refractivity contribution in [2.45, 2.75) is 44.6 Å². The minimum Gasteiger partial charge on any atom is -0.481 e. The Bertz CT molecular complexity index is 212. The molecule has 1 fully saturated rings. The Hall–Kier alpha value is -0.710. The molecular formula is C10H17F2NO2. The number of likely N-dealkylation sites (tertiary alicyclic amines) is 1. The monoisotopic (exact) mass is 221 g/mol. The number of carboxylic acid groups (broad SMARTS) is 1. The molecule has 0 aromatic rings. The second kappa shape index (κ2) is 6.00. The Balaban J connectivity index is 2.39. The average Bonchev–Trinajstić information content (AvgIpc) is 2.15. The van der Waals surface area contributed by atoms with Gasteiger partial charge in [0.25, 0.3) is 0 Å². The van der Waals surface area contributed by atoms with E-state index < -0.39 is 12.4 Å². The summed E-state index contributed by atoms with van der Waals surface area (Å²) in [6, 6.07) is -0.0463. The van der Waals surface area contributed by atoms with Gasteiger partial charge in [-0.3, -0.25) is 9.69 Å². The van der Waals surface area contributed by atoms with E-state index in [9.17, 15) is 13.6 Å².